The van der Waals surface area contributed by atoms with Crippen LogP contribution in [0.3, 0.4) is 0 Å². The van der Waals surface area contributed by atoms with Gasteiger partial charge in [-0.3, -0.25) is 13.8 Å². The van der Waals surface area contributed by atoms with Crippen LogP contribution in [0.25, 0.3) is 0 Å². The highest BCUT2D eigenvalue weighted by Gasteiger charge is 2.62. The normalized spacial score (nSPS) is 21.4. The predicted octanol–water partition coefficient (Wildman–Crippen LogP) is 4.19. The molecule has 0 spiro atoms. The van der Waals surface area contributed by atoms with Gasteiger partial charge in [0, 0.05) is 11.4 Å². The van der Waals surface area contributed by atoms with Gasteiger partial charge in [0.2, 0.25) is 5.91 Å². The van der Waals surface area contributed by atoms with Gasteiger partial charge in [-0.2, -0.15) is 0 Å². The zero-order valence-electron chi connectivity index (χ0n) is 18.1. The number of methoxy groups -OCH3 is 1. The Morgan fingerprint density at radius 3 is 2.19 bits per heavy atom. The van der Waals surface area contributed by atoms with Crippen molar-refractivity contribution >= 4 is 22.7 Å². The number of aryl methyl sites for hydroxylation is 1. The van der Waals surface area contributed by atoms with Crippen LogP contribution in [-0.2, 0) is 31.7 Å². The molecule has 1 aliphatic heterocycles. The number of benzene rings is 3. The Hall–Kier alpha value is -3.25. The predicted molar refractivity (Wildman–Crippen MR) is 123 cm³/mol. The molecule has 3 atom stereocenters. The SMILES string of the molecule is COC(=O)[C@@]1([S@@](=O)c2ccc(C)cc2)CC(=O)N(Cc2ccccc2)[C@@H]1c1ccccc1. The van der Waals surface area contributed by atoms with Gasteiger partial charge in [-0.05, 0) is 30.2 Å². The number of amides is 1. The monoisotopic (exact) mass is 447 g/mol. The number of rotatable bonds is 6. The van der Waals surface area contributed by atoms with E-state index in [-0.39, 0.29) is 12.3 Å². The molecule has 6 heteroatoms. The second-order valence-corrected chi connectivity index (χ2v) is 9.70. The fourth-order valence-corrected chi connectivity index (χ4v) is 6.09. The molecule has 0 bridgehead atoms. The van der Waals surface area contributed by atoms with Crippen LogP contribution in [0.2, 0.25) is 0 Å². The fraction of sp³-hybridized carbons (Fsp3) is 0.231. The number of likely N-dealkylation sites (tertiary alicyclic amines) is 1. The topological polar surface area (TPSA) is 63.7 Å². The van der Waals surface area contributed by atoms with Gasteiger partial charge in [0.1, 0.15) is 0 Å². The summed E-state index contributed by atoms with van der Waals surface area (Å²) in [6, 6.07) is 25.4. The van der Waals surface area contributed by atoms with Crippen molar-refractivity contribution in [1.82, 2.24) is 4.90 Å². The zero-order chi connectivity index (χ0) is 22.7. The Kier molecular flexibility index (Phi) is 6.24. The van der Waals surface area contributed by atoms with Crippen molar-refractivity contribution < 1.29 is 18.5 Å². The van der Waals surface area contributed by atoms with Gasteiger partial charge < -0.3 is 9.64 Å². The lowest BCUT2D eigenvalue weighted by atomic mass is 9.92. The highest BCUT2D eigenvalue weighted by atomic mass is 32.2. The lowest BCUT2D eigenvalue weighted by Crippen LogP contribution is -2.48. The summed E-state index contributed by atoms with van der Waals surface area (Å²) in [5.74, 6) is -0.872. The quantitative estimate of drug-likeness (QED) is 0.532. The first-order chi connectivity index (χ1) is 15.5. The summed E-state index contributed by atoms with van der Waals surface area (Å²) in [4.78, 5) is 28.9. The van der Waals surface area contributed by atoms with Crippen LogP contribution in [0.5, 0.6) is 0 Å². The van der Waals surface area contributed by atoms with Crippen molar-refractivity contribution in [1.29, 1.82) is 0 Å². The van der Waals surface area contributed by atoms with E-state index in [1.165, 1.54) is 7.11 Å². The number of hydrogen-bond donors (Lipinski definition) is 0. The number of carbonyl (C=O) groups excluding carboxylic acids is 2. The highest BCUT2D eigenvalue weighted by molar-refractivity contribution is 7.87. The molecule has 1 amide bonds. The second kappa shape index (κ2) is 9.09. The molecule has 3 aromatic carbocycles. The highest BCUT2D eigenvalue weighted by Crippen LogP contribution is 2.48. The molecule has 1 heterocycles. The Balaban J connectivity index is 1.88. The number of esters is 1. The molecule has 1 aliphatic rings. The second-order valence-electron chi connectivity index (χ2n) is 7.96. The molecule has 0 aliphatic carbocycles. The molecule has 4 rings (SSSR count). The van der Waals surface area contributed by atoms with E-state index < -0.39 is 27.6 Å². The van der Waals surface area contributed by atoms with Crippen LogP contribution in [0.15, 0.2) is 89.8 Å². The minimum absolute atomic E-state index is 0.188. The fourth-order valence-electron chi connectivity index (χ4n) is 4.33. The van der Waals surface area contributed by atoms with Crippen LogP contribution in [0.1, 0.15) is 29.2 Å². The Bertz CT molecular complexity index is 1130. The molecular weight excluding hydrogens is 422 g/mol. The molecule has 0 radical (unpaired) electrons. The summed E-state index contributed by atoms with van der Waals surface area (Å²) < 4.78 is 17.7. The minimum Gasteiger partial charge on any atom is -0.468 e. The first kappa shape index (κ1) is 22.0. The summed E-state index contributed by atoms with van der Waals surface area (Å²) in [6.45, 7) is 2.25. The van der Waals surface area contributed by atoms with E-state index in [0.717, 1.165) is 16.7 Å². The molecule has 0 aromatic heterocycles. The molecular formula is C26H25NO4S. The Morgan fingerprint density at radius 1 is 1.00 bits per heavy atom. The Morgan fingerprint density at radius 2 is 1.59 bits per heavy atom. The maximum atomic E-state index is 14.0. The molecule has 1 fully saturated rings. The van der Waals surface area contributed by atoms with E-state index in [1.807, 2.05) is 79.7 Å². The van der Waals surface area contributed by atoms with Crippen molar-refractivity contribution in [2.45, 2.75) is 35.6 Å². The summed E-state index contributed by atoms with van der Waals surface area (Å²) in [5, 5.41) is 0. The first-order valence-corrected chi connectivity index (χ1v) is 11.6. The summed E-state index contributed by atoms with van der Waals surface area (Å²) in [7, 11) is -0.542. The van der Waals surface area contributed by atoms with E-state index in [0.29, 0.717) is 11.4 Å². The molecule has 1 saturated heterocycles. The Labute approximate surface area is 190 Å². The van der Waals surface area contributed by atoms with Crippen molar-refractivity contribution in [3.63, 3.8) is 0 Å². The minimum atomic E-state index is -1.82. The van der Waals surface area contributed by atoms with Crippen molar-refractivity contribution in [3.05, 3.63) is 102 Å². The summed E-state index contributed by atoms with van der Waals surface area (Å²) in [6.07, 6.45) is -0.188. The average molecular weight is 448 g/mol. The van der Waals surface area contributed by atoms with Crippen molar-refractivity contribution in [2.75, 3.05) is 7.11 Å². The largest absolute Gasteiger partial charge is 0.468 e. The number of carbonyl (C=O) groups is 2. The van der Waals surface area contributed by atoms with E-state index in [1.54, 1.807) is 17.0 Å². The molecule has 32 heavy (non-hydrogen) atoms. The molecule has 0 unspecified atom stereocenters. The van der Waals surface area contributed by atoms with E-state index >= 15 is 0 Å². The van der Waals surface area contributed by atoms with Crippen LogP contribution >= 0.6 is 0 Å². The molecule has 5 nitrogen and oxygen atoms in total. The zero-order valence-corrected chi connectivity index (χ0v) is 18.9. The third-order valence-corrected chi connectivity index (χ3v) is 7.79. The van der Waals surface area contributed by atoms with Gasteiger partial charge in [-0.15, -0.1) is 0 Å². The van der Waals surface area contributed by atoms with Crippen molar-refractivity contribution in [3.8, 4) is 0 Å². The standard InChI is InChI=1S/C26H25NO4S/c1-19-13-15-22(16-14-19)32(30)26(25(29)31-2)17-23(28)27(18-20-9-5-3-6-10-20)24(26)21-11-7-4-8-12-21/h3-16,24H,17-18H2,1-2H3/t24-,26-,32+/m1/s1. The maximum Gasteiger partial charge on any atom is 0.328 e. The van der Waals surface area contributed by atoms with Crippen LogP contribution < -0.4 is 0 Å². The van der Waals surface area contributed by atoms with Gasteiger partial charge in [0.15, 0.2) is 4.75 Å². The first-order valence-electron chi connectivity index (χ1n) is 10.4. The molecule has 164 valence electrons. The van der Waals surface area contributed by atoms with Gasteiger partial charge >= 0.3 is 5.97 Å². The number of hydrogen-bond acceptors (Lipinski definition) is 4. The average Bonchev–Trinajstić information content (AvgIpc) is 3.12. The van der Waals surface area contributed by atoms with Crippen molar-refractivity contribution in [2.24, 2.45) is 0 Å². The third-order valence-electron chi connectivity index (χ3n) is 5.90. The van der Waals surface area contributed by atoms with Crippen LogP contribution in [-0.4, -0.2) is 32.8 Å². The smallest absolute Gasteiger partial charge is 0.328 e. The van der Waals surface area contributed by atoms with Gasteiger partial charge in [-0.25, -0.2) is 0 Å². The van der Waals surface area contributed by atoms with Crippen LogP contribution in [0, 0.1) is 6.92 Å². The molecule has 3 aromatic rings. The summed E-state index contributed by atoms with van der Waals surface area (Å²) in [5.41, 5.74) is 2.70. The molecule has 0 saturated carbocycles. The lowest BCUT2D eigenvalue weighted by molar-refractivity contribution is -0.144. The van der Waals surface area contributed by atoms with Gasteiger partial charge in [-0.1, -0.05) is 78.4 Å². The van der Waals surface area contributed by atoms with Gasteiger partial charge in [0.25, 0.3) is 0 Å². The maximum absolute atomic E-state index is 14.0. The van der Waals surface area contributed by atoms with E-state index in [9.17, 15) is 13.8 Å². The number of nitrogens with zero attached hydrogens (tertiary/aromatic N) is 1. The van der Waals surface area contributed by atoms with E-state index in [4.69, 9.17) is 4.74 Å². The van der Waals surface area contributed by atoms with Crippen LogP contribution in [0.4, 0.5) is 0 Å². The summed E-state index contributed by atoms with van der Waals surface area (Å²) >= 11 is 0. The number of ether oxygens (including phenoxy) is 1. The lowest BCUT2D eigenvalue weighted by Gasteiger charge is -2.35. The molecule has 0 N–H and O–H groups in total. The van der Waals surface area contributed by atoms with E-state index in [2.05, 4.69) is 0 Å². The van der Waals surface area contributed by atoms with Gasteiger partial charge in [0.05, 0.1) is 30.4 Å². The third kappa shape index (κ3) is 3.86.